The minimum atomic E-state index is 0.672. The molecular weight excluding hydrogens is 595 g/mol. The topological polar surface area (TPSA) is 48.0 Å². The number of benzene rings is 6. The Kier molecular flexibility index (Phi) is 5.68. The Morgan fingerprint density at radius 3 is 2.11 bits per heavy atom. The standard InChI is InChI=1S/C41H25N5S/c1-3-12-26(13-4-1)33-25-38(44-40(42-33)27-14-5-2-6-15-27)46-35-23-22-28(24-36(35)45-34-20-9-8-19-32(34)43-41(45)46)29-17-11-18-31-30-16-7-10-21-37(30)47-39(29)31/h1-25H. The molecule has 5 nitrogen and oxygen atoms in total. The van der Waals surface area contributed by atoms with Crippen LogP contribution in [0, 0.1) is 0 Å². The molecule has 0 fully saturated rings. The van der Waals surface area contributed by atoms with Gasteiger partial charge < -0.3 is 0 Å². The van der Waals surface area contributed by atoms with E-state index in [4.69, 9.17) is 15.0 Å². The van der Waals surface area contributed by atoms with Gasteiger partial charge in [-0.2, -0.15) is 0 Å². The summed E-state index contributed by atoms with van der Waals surface area (Å²) in [4.78, 5) is 15.4. The molecule has 0 spiro atoms. The Morgan fingerprint density at radius 2 is 1.23 bits per heavy atom. The van der Waals surface area contributed by atoms with E-state index in [-0.39, 0.29) is 0 Å². The molecule has 0 saturated carbocycles. The van der Waals surface area contributed by atoms with Crippen LogP contribution in [0.5, 0.6) is 0 Å². The molecule has 0 bridgehead atoms. The highest BCUT2D eigenvalue weighted by molar-refractivity contribution is 7.26. The summed E-state index contributed by atoms with van der Waals surface area (Å²) in [6.07, 6.45) is 0. The van der Waals surface area contributed by atoms with E-state index in [0.717, 1.165) is 50.5 Å². The van der Waals surface area contributed by atoms with Crippen LogP contribution in [0.4, 0.5) is 0 Å². The largest absolute Gasteiger partial charge is 0.276 e. The number of imidazole rings is 2. The third-order valence-corrected chi connectivity index (χ3v) is 10.2. The van der Waals surface area contributed by atoms with Crippen molar-refractivity contribution in [3.05, 3.63) is 152 Å². The number of fused-ring (bicyclic) bond motifs is 8. The van der Waals surface area contributed by atoms with E-state index in [1.165, 1.54) is 31.3 Å². The fourth-order valence-electron chi connectivity index (χ4n) is 6.79. The summed E-state index contributed by atoms with van der Waals surface area (Å²) in [6.45, 7) is 0. The number of thiophene rings is 1. The number of nitrogens with zero attached hydrogens (tertiary/aromatic N) is 5. The fourth-order valence-corrected chi connectivity index (χ4v) is 8.03. The predicted molar refractivity (Wildman–Crippen MR) is 194 cm³/mol. The molecular formula is C41H25N5S. The molecule has 10 rings (SSSR count). The predicted octanol–water partition coefficient (Wildman–Crippen LogP) is 10.6. The van der Waals surface area contributed by atoms with Crippen LogP contribution in [0.3, 0.4) is 0 Å². The van der Waals surface area contributed by atoms with Gasteiger partial charge in [-0.3, -0.25) is 8.97 Å². The highest BCUT2D eigenvalue weighted by atomic mass is 32.1. The average molecular weight is 620 g/mol. The van der Waals surface area contributed by atoms with Crippen LogP contribution in [-0.4, -0.2) is 23.9 Å². The van der Waals surface area contributed by atoms with E-state index in [9.17, 15) is 0 Å². The van der Waals surface area contributed by atoms with Crippen molar-refractivity contribution in [2.24, 2.45) is 0 Å². The molecule has 0 N–H and O–H groups in total. The van der Waals surface area contributed by atoms with E-state index >= 15 is 0 Å². The Bertz CT molecular complexity index is 2730. The van der Waals surface area contributed by atoms with E-state index in [1.807, 2.05) is 53.8 Å². The molecule has 0 radical (unpaired) electrons. The molecule has 0 atom stereocenters. The Balaban J connectivity index is 1.27. The molecule has 10 aromatic rings. The summed E-state index contributed by atoms with van der Waals surface area (Å²) in [5.74, 6) is 2.26. The van der Waals surface area contributed by atoms with Gasteiger partial charge in [-0.25, -0.2) is 15.0 Å². The number of para-hydroxylation sites is 2. The first-order valence-electron chi connectivity index (χ1n) is 15.6. The van der Waals surface area contributed by atoms with Crippen molar-refractivity contribution < 1.29 is 0 Å². The van der Waals surface area contributed by atoms with Gasteiger partial charge in [-0.15, -0.1) is 11.3 Å². The van der Waals surface area contributed by atoms with Gasteiger partial charge in [0.25, 0.3) is 0 Å². The van der Waals surface area contributed by atoms with Crippen molar-refractivity contribution >= 4 is 59.4 Å². The second-order valence-corrected chi connectivity index (χ2v) is 12.8. The van der Waals surface area contributed by atoms with Gasteiger partial charge in [-0.1, -0.05) is 115 Å². The number of hydrogen-bond donors (Lipinski definition) is 0. The second kappa shape index (κ2) is 10.2. The fraction of sp³-hybridized carbons (Fsp3) is 0. The summed E-state index contributed by atoms with van der Waals surface area (Å²) in [5, 5.41) is 2.60. The maximum Gasteiger partial charge on any atom is 0.221 e. The van der Waals surface area contributed by atoms with Crippen LogP contribution < -0.4 is 0 Å². The summed E-state index contributed by atoms with van der Waals surface area (Å²) in [6, 6.07) is 53.0. The van der Waals surface area contributed by atoms with Crippen molar-refractivity contribution in [2.75, 3.05) is 0 Å². The highest BCUT2D eigenvalue weighted by Gasteiger charge is 2.21. The normalized spacial score (nSPS) is 11.8. The molecule has 4 aromatic heterocycles. The van der Waals surface area contributed by atoms with Gasteiger partial charge in [0.15, 0.2) is 5.82 Å². The molecule has 0 saturated heterocycles. The highest BCUT2D eigenvalue weighted by Crippen LogP contribution is 2.41. The zero-order valence-electron chi connectivity index (χ0n) is 25.1. The van der Waals surface area contributed by atoms with E-state index in [1.54, 1.807) is 0 Å². The maximum atomic E-state index is 5.19. The first kappa shape index (κ1) is 26.1. The average Bonchev–Trinajstić information content (AvgIpc) is 3.80. The van der Waals surface area contributed by atoms with Gasteiger partial charge in [0.2, 0.25) is 5.78 Å². The molecule has 220 valence electrons. The Labute approximate surface area is 273 Å². The maximum absolute atomic E-state index is 5.19. The zero-order chi connectivity index (χ0) is 30.9. The monoisotopic (exact) mass is 619 g/mol. The van der Waals surface area contributed by atoms with Crippen LogP contribution >= 0.6 is 11.3 Å². The molecule has 47 heavy (non-hydrogen) atoms. The second-order valence-electron chi connectivity index (χ2n) is 11.7. The van der Waals surface area contributed by atoms with Crippen molar-refractivity contribution in [3.8, 4) is 39.6 Å². The lowest BCUT2D eigenvalue weighted by atomic mass is 10.0. The van der Waals surface area contributed by atoms with Crippen molar-refractivity contribution in [3.63, 3.8) is 0 Å². The number of rotatable bonds is 4. The third-order valence-electron chi connectivity index (χ3n) is 8.96. The molecule has 6 heteroatoms. The summed E-state index contributed by atoms with van der Waals surface area (Å²) >= 11 is 1.86. The summed E-state index contributed by atoms with van der Waals surface area (Å²) in [7, 11) is 0. The van der Waals surface area contributed by atoms with E-state index < -0.39 is 0 Å². The molecule has 0 aliphatic heterocycles. The lowest BCUT2D eigenvalue weighted by Crippen LogP contribution is -2.03. The first-order chi connectivity index (χ1) is 23.3. The smallest absolute Gasteiger partial charge is 0.221 e. The molecule has 0 aliphatic rings. The van der Waals surface area contributed by atoms with Crippen molar-refractivity contribution in [1.82, 2.24) is 23.9 Å². The Morgan fingerprint density at radius 1 is 0.489 bits per heavy atom. The van der Waals surface area contributed by atoms with E-state index in [0.29, 0.717) is 5.82 Å². The summed E-state index contributed by atoms with van der Waals surface area (Å²) in [5.41, 5.74) is 9.37. The van der Waals surface area contributed by atoms with Crippen LogP contribution in [0.1, 0.15) is 0 Å². The number of hydrogen-bond acceptors (Lipinski definition) is 4. The molecule has 0 aliphatic carbocycles. The minimum Gasteiger partial charge on any atom is -0.276 e. The van der Waals surface area contributed by atoms with Gasteiger partial charge in [-0.05, 0) is 41.5 Å². The minimum absolute atomic E-state index is 0.672. The van der Waals surface area contributed by atoms with Gasteiger partial charge in [0, 0.05) is 37.4 Å². The molecule has 4 heterocycles. The molecule has 0 unspecified atom stereocenters. The Hall–Kier alpha value is -6.11. The van der Waals surface area contributed by atoms with Crippen molar-refractivity contribution in [1.29, 1.82) is 0 Å². The molecule has 0 amide bonds. The van der Waals surface area contributed by atoms with Gasteiger partial charge >= 0.3 is 0 Å². The van der Waals surface area contributed by atoms with Crippen molar-refractivity contribution in [2.45, 2.75) is 0 Å². The van der Waals surface area contributed by atoms with E-state index in [2.05, 4.69) is 118 Å². The summed E-state index contributed by atoms with van der Waals surface area (Å²) < 4.78 is 7.05. The quantitative estimate of drug-likeness (QED) is 0.197. The van der Waals surface area contributed by atoms with Crippen LogP contribution in [0.15, 0.2) is 152 Å². The lowest BCUT2D eigenvalue weighted by molar-refractivity contribution is 1.02. The first-order valence-corrected chi connectivity index (χ1v) is 16.4. The third kappa shape index (κ3) is 4.05. The SMILES string of the molecule is c1ccc(-c2cc(-n3c4ccc(-c5cccc6c5sc5ccccc56)cc4n4c5ccccc5nc34)nc(-c3ccccc3)n2)cc1. The van der Waals surface area contributed by atoms with Crippen LogP contribution in [0.25, 0.3) is 87.6 Å². The van der Waals surface area contributed by atoms with Crippen LogP contribution in [0.2, 0.25) is 0 Å². The molecule has 6 aromatic carbocycles. The van der Waals surface area contributed by atoms with Gasteiger partial charge in [0.1, 0.15) is 5.82 Å². The van der Waals surface area contributed by atoms with Gasteiger partial charge in [0.05, 0.1) is 27.8 Å². The number of aromatic nitrogens is 5. The lowest BCUT2D eigenvalue weighted by Gasteiger charge is -2.11. The van der Waals surface area contributed by atoms with Crippen LogP contribution in [-0.2, 0) is 0 Å². The zero-order valence-corrected chi connectivity index (χ0v) is 25.9.